The third kappa shape index (κ3) is 3.03. The van der Waals surface area contributed by atoms with Gasteiger partial charge in [0.15, 0.2) is 5.76 Å². The molecule has 0 bridgehead atoms. The first-order valence-corrected chi connectivity index (χ1v) is 6.31. The number of nitrogens with two attached hydrogens (primary N) is 1. The highest BCUT2D eigenvalue weighted by Gasteiger charge is 2.13. The monoisotopic (exact) mass is 258 g/mol. The Morgan fingerprint density at radius 1 is 1.26 bits per heavy atom. The Morgan fingerprint density at radius 2 is 2.00 bits per heavy atom. The molecule has 0 fully saturated rings. The van der Waals surface area contributed by atoms with Crippen LogP contribution >= 0.6 is 0 Å². The first-order chi connectivity index (χ1) is 9.11. The van der Waals surface area contributed by atoms with Crippen LogP contribution in [0.2, 0.25) is 0 Å². The van der Waals surface area contributed by atoms with Gasteiger partial charge in [0.25, 0.3) is 5.91 Å². The molecule has 0 saturated heterocycles. The minimum Gasteiger partial charge on any atom is -0.455 e. The molecule has 0 aliphatic carbocycles. The van der Waals surface area contributed by atoms with Crippen LogP contribution in [0.1, 0.15) is 41.6 Å². The molecule has 0 atom stereocenters. The van der Waals surface area contributed by atoms with Crippen molar-refractivity contribution in [1.29, 1.82) is 0 Å². The van der Waals surface area contributed by atoms with Crippen LogP contribution in [0.3, 0.4) is 0 Å². The molecular formula is C15H18N2O2. The van der Waals surface area contributed by atoms with Gasteiger partial charge in [0.05, 0.1) is 6.54 Å². The summed E-state index contributed by atoms with van der Waals surface area (Å²) in [5, 5.41) is 2.87. The van der Waals surface area contributed by atoms with Crippen molar-refractivity contribution in [3.05, 3.63) is 53.5 Å². The molecule has 4 heteroatoms. The Morgan fingerprint density at radius 3 is 2.63 bits per heavy atom. The third-order valence-corrected chi connectivity index (χ3v) is 2.92. The van der Waals surface area contributed by atoms with E-state index in [9.17, 15) is 4.79 Å². The van der Waals surface area contributed by atoms with Gasteiger partial charge in [-0.25, -0.2) is 0 Å². The van der Waals surface area contributed by atoms with Crippen LogP contribution in [-0.2, 0) is 6.54 Å². The third-order valence-electron chi connectivity index (χ3n) is 2.92. The molecule has 0 radical (unpaired) electrons. The Hall–Kier alpha value is -2.07. The SMILES string of the molecule is CC(C)c1ccccc1NC(=O)c1ccc(CN)o1. The number of carbonyl (C=O) groups excluding carboxylic acids is 1. The number of hydrogen-bond acceptors (Lipinski definition) is 3. The molecule has 1 aromatic carbocycles. The lowest BCUT2D eigenvalue weighted by molar-refractivity contribution is 0.0995. The second-order valence-electron chi connectivity index (χ2n) is 4.67. The van der Waals surface area contributed by atoms with Crippen LogP contribution in [-0.4, -0.2) is 5.91 Å². The fraction of sp³-hybridized carbons (Fsp3) is 0.267. The number of rotatable bonds is 4. The Kier molecular flexibility index (Phi) is 4.02. The average Bonchev–Trinajstić information content (AvgIpc) is 2.88. The van der Waals surface area contributed by atoms with Crippen molar-refractivity contribution in [1.82, 2.24) is 0 Å². The number of nitrogens with one attached hydrogen (secondary N) is 1. The van der Waals surface area contributed by atoms with E-state index in [0.717, 1.165) is 11.3 Å². The lowest BCUT2D eigenvalue weighted by Gasteiger charge is -2.12. The zero-order chi connectivity index (χ0) is 13.8. The number of furan rings is 1. The molecule has 1 aromatic heterocycles. The minimum atomic E-state index is -0.257. The van der Waals surface area contributed by atoms with Crippen molar-refractivity contribution < 1.29 is 9.21 Å². The van der Waals surface area contributed by atoms with Crippen LogP contribution in [0, 0.1) is 0 Å². The van der Waals surface area contributed by atoms with Gasteiger partial charge in [0, 0.05) is 5.69 Å². The van der Waals surface area contributed by atoms with Crippen molar-refractivity contribution >= 4 is 11.6 Å². The molecule has 0 aliphatic heterocycles. The predicted molar refractivity (Wildman–Crippen MR) is 75.1 cm³/mol. The summed E-state index contributed by atoms with van der Waals surface area (Å²) < 4.78 is 5.33. The number of carbonyl (C=O) groups is 1. The molecule has 2 rings (SSSR count). The van der Waals surface area contributed by atoms with Gasteiger partial charge in [-0.15, -0.1) is 0 Å². The zero-order valence-electron chi connectivity index (χ0n) is 11.1. The van der Waals surface area contributed by atoms with Crippen molar-refractivity contribution in [2.75, 3.05) is 5.32 Å². The summed E-state index contributed by atoms with van der Waals surface area (Å²) in [7, 11) is 0. The van der Waals surface area contributed by atoms with Crippen molar-refractivity contribution in [3.63, 3.8) is 0 Å². The van der Waals surface area contributed by atoms with E-state index in [0.29, 0.717) is 11.7 Å². The van der Waals surface area contributed by atoms with E-state index in [2.05, 4.69) is 19.2 Å². The first-order valence-electron chi connectivity index (χ1n) is 6.31. The van der Waals surface area contributed by atoms with Crippen LogP contribution in [0.15, 0.2) is 40.8 Å². The summed E-state index contributed by atoms with van der Waals surface area (Å²) in [5.41, 5.74) is 7.37. The lowest BCUT2D eigenvalue weighted by Crippen LogP contribution is -2.12. The fourth-order valence-electron chi connectivity index (χ4n) is 1.91. The zero-order valence-corrected chi connectivity index (χ0v) is 11.1. The number of benzene rings is 1. The van der Waals surface area contributed by atoms with E-state index < -0.39 is 0 Å². The maximum atomic E-state index is 12.1. The molecule has 4 nitrogen and oxygen atoms in total. The van der Waals surface area contributed by atoms with Crippen molar-refractivity contribution in [3.8, 4) is 0 Å². The van der Waals surface area contributed by atoms with E-state index in [1.165, 1.54) is 0 Å². The van der Waals surface area contributed by atoms with Crippen LogP contribution in [0.25, 0.3) is 0 Å². The second kappa shape index (κ2) is 5.71. The molecule has 0 saturated carbocycles. The highest BCUT2D eigenvalue weighted by molar-refractivity contribution is 6.02. The van der Waals surface area contributed by atoms with Crippen molar-refractivity contribution in [2.45, 2.75) is 26.3 Å². The Balaban J connectivity index is 2.19. The average molecular weight is 258 g/mol. The quantitative estimate of drug-likeness (QED) is 0.885. The molecule has 1 amide bonds. The smallest absolute Gasteiger partial charge is 0.291 e. The fourth-order valence-corrected chi connectivity index (χ4v) is 1.91. The summed E-state index contributed by atoms with van der Waals surface area (Å²) in [6, 6.07) is 11.1. The van der Waals surface area contributed by atoms with E-state index in [4.69, 9.17) is 10.2 Å². The highest BCUT2D eigenvalue weighted by atomic mass is 16.4. The largest absolute Gasteiger partial charge is 0.455 e. The molecule has 0 spiro atoms. The maximum absolute atomic E-state index is 12.1. The van der Waals surface area contributed by atoms with Gasteiger partial charge in [-0.1, -0.05) is 32.0 Å². The molecule has 19 heavy (non-hydrogen) atoms. The molecule has 0 aliphatic rings. The topological polar surface area (TPSA) is 68.3 Å². The summed E-state index contributed by atoms with van der Waals surface area (Å²) in [5.74, 6) is 0.960. The number of amides is 1. The van der Waals surface area contributed by atoms with Gasteiger partial charge in [0.2, 0.25) is 0 Å². The molecule has 2 aromatic rings. The molecular weight excluding hydrogens is 240 g/mol. The van der Waals surface area contributed by atoms with E-state index >= 15 is 0 Å². The van der Waals surface area contributed by atoms with Crippen LogP contribution in [0.5, 0.6) is 0 Å². The standard InChI is InChI=1S/C15H18N2O2/c1-10(2)12-5-3-4-6-13(12)17-15(18)14-8-7-11(9-16)19-14/h3-8,10H,9,16H2,1-2H3,(H,17,18). The van der Waals surface area contributed by atoms with E-state index in [-0.39, 0.29) is 18.2 Å². The number of anilines is 1. The van der Waals surface area contributed by atoms with Gasteiger partial charge in [-0.05, 0) is 29.7 Å². The number of hydrogen-bond donors (Lipinski definition) is 2. The summed E-state index contributed by atoms with van der Waals surface area (Å²) in [6.45, 7) is 4.46. The summed E-state index contributed by atoms with van der Waals surface area (Å²) in [6.07, 6.45) is 0. The normalized spacial score (nSPS) is 10.7. The Labute approximate surface area is 112 Å². The molecule has 100 valence electrons. The van der Waals surface area contributed by atoms with Crippen LogP contribution in [0.4, 0.5) is 5.69 Å². The summed E-state index contributed by atoms with van der Waals surface area (Å²) >= 11 is 0. The van der Waals surface area contributed by atoms with Gasteiger partial charge in [-0.3, -0.25) is 4.79 Å². The van der Waals surface area contributed by atoms with Crippen molar-refractivity contribution in [2.24, 2.45) is 5.73 Å². The first kappa shape index (κ1) is 13.4. The minimum absolute atomic E-state index is 0.257. The lowest BCUT2D eigenvalue weighted by atomic mass is 10.0. The Bertz CT molecular complexity index is 573. The van der Waals surface area contributed by atoms with Gasteiger partial charge in [-0.2, -0.15) is 0 Å². The van der Waals surface area contributed by atoms with E-state index in [1.54, 1.807) is 12.1 Å². The molecule has 3 N–H and O–H groups in total. The predicted octanol–water partition coefficient (Wildman–Crippen LogP) is 3.11. The van der Waals surface area contributed by atoms with Gasteiger partial charge < -0.3 is 15.5 Å². The van der Waals surface area contributed by atoms with E-state index in [1.807, 2.05) is 24.3 Å². The molecule has 0 unspecified atom stereocenters. The molecule has 1 heterocycles. The maximum Gasteiger partial charge on any atom is 0.291 e. The summed E-state index contributed by atoms with van der Waals surface area (Å²) in [4.78, 5) is 12.1. The second-order valence-corrected chi connectivity index (χ2v) is 4.67. The highest BCUT2D eigenvalue weighted by Crippen LogP contribution is 2.24. The van der Waals surface area contributed by atoms with Crippen LogP contribution < -0.4 is 11.1 Å². The van der Waals surface area contributed by atoms with Gasteiger partial charge in [0.1, 0.15) is 5.76 Å². The number of para-hydroxylation sites is 1. The van der Waals surface area contributed by atoms with Gasteiger partial charge >= 0.3 is 0 Å².